The molecule has 7 nitrogen and oxygen atoms in total. The number of amides is 3. The van der Waals surface area contributed by atoms with Gasteiger partial charge < -0.3 is 0 Å². The molecule has 2 unspecified atom stereocenters. The molecule has 108 valence electrons. The number of rotatable bonds is 2. The van der Waals surface area contributed by atoms with Crippen LogP contribution in [0.1, 0.15) is 11.9 Å². The topological polar surface area (TPSA) is 101 Å². The van der Waals surface area contributed by atoms with Gasteiger partial charge in [-0.05, 0) is 0 Å². The largest absolute Gasteiger partial charge is 0.445 e. The molecule has 2 N–H and O–H groups in total. The van der Waals surface area contributed by atoms with Crippen LogP contribution < -0.4 is 10.6 Å². The van der Waals surface area contributed by atoms with Gasteiger partial charge in [0.1, 0.15) is 5.92 Å². The molecule has 1 saturated heterocycles. The molecule has 1 aliphatic heterocycles. The molecule has 1 aliphatic rings. The molecule has 20 heavy (non-hydrogen) atoms. The highest BCUT2D eigenvalue weighted by molar-refractivity contribution is 7.15. The van der Waals surface area contributed by atoms with E-state index in [1.54, 1.807) is 0 Å². The molecule has 1 aromatic heterocycles. The Balaban J connectivity index is 2.11. The van der Waals surface area contributed by atoms with Crippen molar-refractivity contribution in [2.45, 2.75) is 13.1 Å². The minimum Gasteiger partial charge on any atom is -0.300 e. The number of carbonyl (C=O) groups excluding carboxylic acids is 3. The molecular weight excluding hydrogens is 301 g/mol. The summed E-state index contributed by atoms with van der Waals surface area (Å²) in [5, 5.41) is 8.45. The van der Waals surface area contributed by atoms with Gasteiger partial charge in [0.2, 0.25) is 27.9 Å². The van der Waals surface area contributed by atoms with Gasteiger partial charge in [0.25, 0.3) is 0 Å². The van der Waals surface area contributed by atoms with Gasteiger partial charge in [-0.25, -0.2) is 0 Å². The van der Waals surface area contributed by atoms with Gasteiger partial charge in [-0.2, -0.15) is 13.2 Å². The van der Waals surface area contributed by atoms with Crippen molar-refractivity contribution >= 4 is 34.2 Å². The van der Waals surface area contributed by atoms with Crippen LogP contribution in [-0.4, -0.2) is 27.9 Å². The van der Waals surface area contributed by atoms with Crippen LogP contribution in [0.15, 0.2) is 0 Å². The van der Waals surface area contributed by atoms with Crippen molar-refractivity contribution in [1.29, 1.82) is 0 Å². The Morgan fingerprint density at radius 1 is 1.30 bits per heavy atom. The molecule has 0 spiro atoms. The predicted octanol–water partition coefficient (Wildman–Crippen LogP) is 0.404. The third-order valence-corrected chi connectivity index (χ3v) is 3.51. The second kappa shape index (κ2) is 4.81. The van der Waals surface area contributed by atoms with Crippen LogP contribution in [0.25, 0.3) is 0 Å². The van der Waals surface area contributed by atoms with Crippen molar-refractivity contribution in [3.05, 3.63) is 5.01 Å². The van der Waals surface area contributed by atoms with Crippen molar-refractivity contribution in [3.8, 4) is 0 Å². The first-order valence-electron chi connectivity index (χ1n) is 5.26. The molecule has 2 rings (SSSR count). The van der Waals surface area contributed by atoms with E-state index in [1.807, 2.05) is 5.32 Å². The zero-order valence-electron chi connectivity index (χ0n) is 9.82. The molecule has 2 heterocycles. The van der Waals surface area contributed by atoms with Crippen molar-refractivity contribution in [3.63, 3.8) is 0 Å². The molecule has 0 radical (unpaired) electrons. The summed E-state index contributed by atoms with van der Waals surface area (Å²) in [6.45, 7) is 1.37. The van der Waals surface area contributed by atoms with Crippen molar-refractivity contribution in [1.82, 2.24) is 15.5 Å². The van der Waals surface area contributed by atoms with Crippen molar-refractivity contribution in [2.24, 2.45) is 11.8 Å². The third-order valence-electron chi connectivity index (χ3n) is 2.62. The second-order valence-corrected chi connectivity index (χ2v) is 5.00. The van der Waals surface area contributed by atoms with Gasteiger partial charge in [0, 0.05) is 0 Å². The average Bonchev–Trinajstić information content (AvgIpc) is 2.85. The van der Waals surface area contributed by atoms with Crippen LogP contribution in [0.2, 0.25) is 0 Å². The molecule has 0 saturated carbocycles. The summed E-state index contributed by atoms with van der Waals surface area (Å²) in [5.41, 5.74) is 0. The average molecular weight is 308 g/mol. The highest BCUT2D eigenvalue weighted by atomic mass is 32.1. The summed E-state index contributed by atoms with van der Waals surface area (Å²) in [5.74, 6) is -4.48. The summed E-state index contributed by atoms with van der Waals surface area (Å²) in [7, 11) is 0. The summed E-state index contributed by atoms with van der Waals surface area (Å²) < 4.78 is 36.9. The number of alkyl halides is 3. The maximum Gasteiger partial charge on any atom is 0.445 e. The Hall–Kier alpha value is -2.04. The lowest BCUT2D eigenvalue weighted by Gasteiger charge is -2.09. The fourth-order valence-corrected chi connectivity index (χ4v) is 2.22. The fourth-order valence-electron chi connectivity index (χ4n) is 1.61. The standard InChI is InChI=1S/C9H7F3N4O3S/c1-2-3(5(18)13-4(2)17)6(19)14-8-16-15-7(20-8)9(10,11)12/h2-3H,1H3,(H,13,17,18)(H,14,16,19). The van der Waals surface area contributed by atoms with Crippen LogP contribution in [0, 0.1) is 11.8 Å². The van der Waals surface area contributed by atoms with E-state index in [1.165, 1.54) is 6.92 Å². The maximum absolute atomic E-state index is 12.3. The highest BCUT2D eigenvalue weighted by Gasteiger charge is 2.44. The maximum atomic E-state index is 12.3. The number of nitrogens with zero attached hydrogens (tertiary/aromatic N) is 2. The SMILES string of the molecule is CC1C(=O)NC(=O)C1C(=O)Nc1nnc(C(F)(F)F)s1. The minimum atomic E-state index is -4.66. The van der Waals surface area contributed by atoms with Crippen LogP contribution >= 0.6 is 11.3 Å². The Bertz CT molecular complexity index is 585. The number of carbonyl (C=O) groups is 3. The highest BCUT2D eigenvalue weighted by Crippen LogP contribution is 2.33. The molecule has 0 bridgehead atoms. The molecule has 2 atom stereocenters. The van der Waals surface area contributed by atoms with E-state index in [9.17, 15) is 27.6 Å². The monoisotopic (exact) mass is 308 g/mol. The molecule has 0 aromatic carbocycles. The number of nitrogens with one attached hydrogen (secondary N) is 2. The van der Waals surface area contributed by atoms with Gasteiger partial charge in [-0.15, -0.1) is 10.2 Å². The first-order valence-corrected chi connectivity index (χ1v) is 6.08. The predicted molar refractivity (Wildman–Crippen MR) is 59.3 cm³/mol. The first-order chi connectivity index (χ1) is 9.20. The first kappa shape index (κ1) is 14.4. The zero-order valence-corrected chi connectivity index (χ0v) is 10.6. The van der Waals surface area contributed by atoms with Crippen LogP contribution in [0.5, 0.6) is 0 Å². The number of imide groups is 1. The van der Waals surface area contributed by atoms with Gasteiger partial charge in [0.05, 0.1) is 5.92 Å². The number of aromatic nitrogens is 2. The molecule has 1 aromatic rings. The smallest absolute Gasteiger partial charge is 0.300 e. The van der Waals surface area contributed by atoms with Crippen molar-refractivity contribution in [2.75, 3.05) is 5.32 Å². The lowest BCUT2D eigenvalue weighted by Crippen LogP contribution is -2.31. The third kappa shape index (κ3) is 2.61. The lowest BCUT2D eigenvalue weighted by molar-refractivity contribution is -0.138. The van der Waals surface area contributed by atoms with Crippen molar-refractivity contribution < 1.29 is 27.6 Å². The summed E-state index contributed by atoms with van der Waals surface area (Å²) in [6, 6.07) is 0. The normalized spacial score (nSPS) is 22.8. The molecule has 11 heteroatoms. The van der Waals surface area contributed by atoms with E-state index < -0.39 is 40.7 Å². The summed E-state index contributed by atoms with van der Waals surface area (Å²) >= 11 is 0.134. The molecule has 0 aliphatic carbocycles. The molecule has 3 amide bonds. The van der Waals surface area contributed by atoms with Gasteiger partial charge in [0.15, 0.2) is 0 Å². The van der Waals surface area contributed by atoms with Gasteiger partial charge in [-0.1, -0.05) is 18.3 Å². The number of anilines is 1. The lowest BCUT2D eigenvalue weighted by atomic mass is 9.96. The van der Waals surface area contributed by atoms with E-state index in [0.717, 1.165) is 0 Å². The minimum absolute atomic E-state index is 0.134. The Morgan fingerprint density at radius 3 is 2.40 bits per heavy atom. The summed E-state index contributed by atoms with van der Waals surface area (Å²) in [4.78, 5) is 34.4. The van der Waals surface area contributed by atoms with E-state index in [-0.39, 0.29) is 16.5 Å². The number of halogens is 3. The molecular formula is C9H7F3N4O3S. The van der Waals surface area contributed by atoms with Crippen LogP contribution in [-0.2, 0) is 20.6 Å². The van der Waals surface area contributed by atoms with Crippen LogP contribution in [0.4, 0.5) is 18.3 Å². The van der Waals surface area contributed by atoms with Gasteiger partial charge >= 0.3 is 6.18 Å². The van der Waals surface area contributed by atoms with Gasteiger partial charge in [-0.3, -0.25) is 25.0 Å². The van der Waals surface area contributed by atoms with E-state index in [2.05, 4.69) is 15.5 Å². The number of hydrogen-bond acceptors (Lipinski definition) is 6. The Morgan fingerprint density at radius 2 is 1.95 bits per heavy atom. The second-order valence-electron chi connectivity index (χ2n) is 4.02. The van der Waals surface area contributed by atoms with E-state index in [4.69, 9.17) is 0 Å². The Labute approximate surface area is 113 Å². The zero-order chi connectivity index (χ0) is 15.1. The van der Waals surface area contributed by atoms with E-state index in [0.29, 0.717) is 0 Å². The number of hydrogen-bond donors (Lipinski definition) is 2. The molecule has 1 fully saturated rings. The Kier molecular flexibility index (Phi) is 3.46. The van der Waals surface area contributed by atoms with Crippen LogP contribution in [0.3, 0.4) is 0 Å². The summed E-state index contributed by atoms with van der Waals surface area (Å²) in [6.07, 6.45) is -4.66. The quantitative estimate of drug-likeness (QED) is 0.608. The van der Waals surface area contributed by atoms with E-state index >= 15 is 0 Å². The fraction of sp³-hybridized carbons (Fsp3) is 0.444.